The number of anilines is 1. The van der Waals surface area contributed by atoms with E-state index >= 15 is 0 Å². The average molecular weight is 280 g/mol. The zero-order valence-corrected chi connectivity index (χ0v) is 11.9. The minimum Gasteiger partial charge on any atom is -0.265 e. The van der Waals surface area contributed by atoms with E-state index in [-0.39, 0.29) is 5.03 Å². The molecule has 0 unspecified atom stereocenters. The predicted molar refractivity (Wildman–Crippen MR) is 72.4 cm³/mol. The van der Waals surface area contributed by atoms with E-state index in [9.17, 15) is 8.42 Å². The van der Waals surface area contributed by atoms with Crippen molar-refractivity contribution in [1.82, 2.24) is 15.0 Å². The maximum Gasteiger partial charge on any atom is 0.285 e. The molecule has 1 aromatic carbocycles. The molecular formula is C12H16N4O2S. The molecule has 0 radical (unpaired) electrons. The van der Waals surface area contributed by atoms with Gasteiger partial charge in [-0.3, -0.25) is 4.31 Å². The Kier molecular flexibility index (Phi) is 3.57. The minimum atomic E-state index is -3.67. The van der Waals surface area contributed by atoms with Gasteiger partial charge in [-0.25, -0.2) is 0 Å². The first-order chi connectivity index (χ1) is 8.96. The molecule has 6 nitrogen and oxygen atoms in total. The monoisotopic (exact) mass is 280 g/mol. The normalized spacial score (nSPS) is 11.5. The van der Waals surface area contributed by atoms with E-state index in [1.807, 2.05) is 25.1 Å². The number of benzene rings is 1. The maximum absolute atomic E-state index is 12.5. The molecule has 0 N–H and O–H groups in total. The van der Waals surface area contributed by atoms with Crippen LogP contribution < -0.4 is 4.31 Å². The Bertz CT molecular complexity index is 679. The quantitative estimate of drug-likeness (QED) is 0.847. The first-order valence-electron chi connectivity index (χ1n) is 5.91. The molecule has 0 aliphatic carbocycles. The second kappa shape index (κ2) is 5.00. The molecule has 7 heteroatoms. The highest BCUT2D eigenvalue weighted by Crippen LogP contribution is 2.25. The Hall–Kier alpha value is -1.89. The molecule has 0 fully saturated rings. The number of aromatic nitrogens is 3. The van der Waals surface area contributed by atoms with Crippen LogP contribution in [-0.2, 0) is 17.1 Å². The third-order valence-corrected chi connectivity index (χ3v) is 4.56. The predicted octanol–water partition coefficient (Wildman–Crippen LogP) is 1.34. The van der Waals surface area contributed by atoms with Crippen molar-refractivity contribution in [2.75, 3.05) is 10.8 Å². The van der Waals surface area contributed by atoms with Crippen LogP contribution in [-0.4, -0.2) is 30.0 Å². The van der Waals surface area contributed by atoms with Crippen molar-refractivity contribution >= 4 is 15.7 Å². The Morgan fingerprint density at radius 3 is 2.53 bits per heavy atom. The van der Waals surface area contributed by atoms with Crippen LogP contribution in [0.1, 0.15) is 12.5 Å². The zero-order valence-electron chi connectivity index (χ0n) is 11.1. The molecule has 0 amide bonds. The van der Waals surface area contributed by atoms with Crippen LogP contribution in [0.4, 0.5) is 5.69 Å². The summed E-state index contributed by atoms with van der Waals surface area (Å²) in [5.74, 6) is 0. The van der Waals surface area contributed by atoms with Crippen LogP contribution in [0.5, 0.6) is 0 Å². The molecule has 1 heterocycles. The fourth-order valence-corrected chi connectivity index (χ4v) is 3.30. The van der Waals surface area contributed by atoms with Gasteiger partial charge in [-0.1, -0.05) is 18.2 Å². The van der Waals surface area contributed by atoms with Gasteiger partial charge >= 0.3 is 0 Å². The third-order valence-electron chi connectivity index (χ3n) is 2.80. The van der Waals surface area contributed by atoms with Crippen molar-refractivity contribution < 1.29 is 8.42 Å². The summed E-state index contributed by atoms with van der Waals surface area (Å²) in [5, 5.41) is 7.66. The van der Waals surface area contributed by atoms with E-state index in [2.05, 4.69) is 10.2 Å². The van der Waals surface area contributed by atoms with Crippen LogP contribution in [0, 0.1) is 6.92 Å². The number of rotatable bonds is 4. The van der Waals surface area contributed by atoms with Gasteiger partial charge < -0.3 is 0 Å². The molecule has 0 aliphatic heterocycles. The molecule has 0 bridgehead atoms. The summed E-state index contributed by atoms with van der Waals surface area (Å²) in [7, 11) is -2.08. The summed E-state index contributed by atoms with van der Waals surface area (Å²) in [4.78, 5) is 1.23. The van der Waals surface area contributed by atoms with Crippen molar-refractivity contribution in [3.63, 3.8) is 0 Å². The van der Waals surface area contributed by atoms with Gasteiger partial charge in [0.25, 0.3) is 10.0 Å². The van der Waals surface area contributed by atoms with Gasteiger partial charge in [0.15, 0.2) is 0 Å². The van der Waals surface area contributed by atoms with Gasteiger partial charge in [-0.2, -0.15) is 18.3 Å². The molecule has 19 heavy (non-hydrogen) atoms. The second-order valence-corrected chi connectivity index (χ2v) is 5.94. The molecule has 0 saturated carbocycles. The molecule has 2 aromatic rings. The standard InChI is InChI=1S/C12H16N4O2S/c1-4-16(11-8-6-5-7-10(11)2)19(17,18)12-9-13-15(3)14-12/h5-9H,4H2,1-3H3. The Balaban J connectivity index is 2.51. The molecule has 0 saturated heterocycles. The van der Waals surface area contributed by atoms with Crippen LogP contribution >= 0.6 is 0 Å². The molecule has 2 rings (SSSR count). The van der Waals surface area contributed by atoms with Crippen molar-refractivity contribution in [2.24, 2.45) is 7.05 Å². The van der Waals surface area contributed by atoms with E-state index in [1.165, 1.54) is 15.3 Å². The molecule has 0 aliphatic rings. The van der Waals surface area contributed by atoms with E-state index in [1.54, 1.807) is 20.0 Å². The summed E-state index contributed by atoms with van der Waals surface area (Å²) < 4.78 is 26.4. The van der Waals surface area contributed by atoms with E-state index in [0.717, 1.165) is 5.56 Å². The van der Waals surface area contributed by atoms with Gasteiger partial charge in [0.1, 0.15) is 0 Å². The first-order valence-corrected chi connectivity index (χ1v) is 7.35. The van der Waals surface area contributed by atoms with Gasteiger partial charge in [0.2, 0.25) is 5.03 Å². The molecule has 0 spiro atoms. The number of hydrogen-bond donors (Lipinski definition) is 0. The molecule has 102 valence electrons. The Morgan fingerprint density at radius 1 is 1.32 bits per heavy atom. The second-order valence-electron chi connectivity index (χ2n) is 4.13. The zero-order chi connectivity index (χ0) is 14.0. The van der Waals surface area contributed by atoms with Crippen molar-refractivity contribution in [1.29, 1.82) is 0 Å². The average Bonchev–Trinajstić information content (AvgIpc) is 2.80. The van der Waals surface area contributed by atoms with Crippen LogP contribution in [0.25, 0.3) is 0 Å². The lowest BCUT2D eigenvalue weighted by atomic mass is 10.2. The summed E-state index contributed by atoms with van der Waals surface area (Å²) >= 11 is 0. The van der Waals surface area contributed by atoms with Crippen LogP contribution in [0.15, 0.2) is 35.5 Å². The lowest BCUT2D eigenvalue weighted by Crippen LogP contribution is -2.31. The number of aryl methyl sites for hydroxylation is 2. The topological polar surface area (TPSA) is 68.1 Å². The largest absolute Gasteiger partial charge is 0.285 e. The third kappa shape index (κ3) is 2.46. The molecule has 1 aromatic heterocycles. The van der Waals surface area contributed by atoms with Crippen molar-refractivity contribution in [3.8, 4) is 0 Å². The number of sulfonamides is 1. The van der Waals surface area contributed by atoms with E-state index in [4.69, 9.17) is 0 Å². The smallest absolute Gasteiger partial charge is 0.265 e. The van der Waals surface area contributed by atoms with E-state index in [0.29, 0.717) is 12.2 Å². The lowest BCUT2D eigenvalue weighted by Gasteiger charge is -2.23. The Morgan fingerprint density at radius 2 is 2.00 bits per heavy atom. The molecular weight excluding hydrogens is 264 g/mol. The maximum atomic E-state index is 12.5. The highest BCUT2D eigenvalue weighted by Gasteiger charge is 2.27. The lowest BCUT2D eigenvalue weighted by molar-refractivity contribution is 0.579. The number of nitrogens with zero attached hydrogens (tertiary/aromatic N) is 4. The highest BCUT2D eigenvalue weighted by molar-refractivity contribution is 7.92. The van der Waals surface area contributed by atoms with Crippen LogP contribution in [0.2, 0.25) is 0 Å². The Labute approximate surface area is 112 Å². The van der Waals surface area contributed by atoms with Gasteiger partial charge in [0.05, 0.1) is 11.9 Å². The van der Waals surface area contributed by atoms with Crippen LogP contribution in [0.3, 0.4) is 0 Å². The summed E-state index contributed by atoms with van der Waals surface area (Å²) in [5.41, 5.74) is 1.56. The SMILES string of the molecule is CCN(c1ccccc1C)S(=O)(=O)c1cnn(C)n1. The first kappa shape index (κ1) is 13.5. The molecule has 0 atom stereocenters. The number of hydrogen-bond acceptors (Lipinski definition) is 4. The van der Waals surface area contributed by atoms with Crippen molar-refractivity contribution in [3.05, 3.63) is 36.0 Å². The fourth-order valence-electron chi connectivity index (χ4n) is 1.87. The number of para-hydroxylation sites is 1. The van der Waals surface area contributed by atoms with Crippen molar-refractivity contribution in [2.45, 2.75) is 18.9 Å². The minimum absolute atomic E-state index is 0.0416. The van der Waals surface area contributed by atoms with E-state index < -0.39 is 10.0 Å². The van der Waals surface area contributed by atoms with Gasteiger partial charge in [-0.15, -0.1) is 5.10 Å². The summed E-state index contributed by atoms with van der Waals surface area (Å²) in [6.45, 7) is 4.01. The summed E-state index contributed by atoms with van der Waals surface area (Å²) in [6.07, 6.45) is 1.26. The van der Waals surface area contributed by atoms with Gasteiger partial charge in [-0.05, 0) is 25.5 Å². The van der Waals surface area contributed by atoms with Gasteiger partial charge in [0, 0.05) is 13.6 Å². The highest BCUT2D eigenvalue weighted by atomic mass is 32.2. The summed E-state index contributed by atoms with van der Waals surface area (Å²) in [6, 6.07) is 7.36. The fraction of sp³-hybridized carbons (Fsp3) is 0.333.